The Morgan fingerprint density at radius 3 is 2.25 bits per heavy atom. The van der Waals surface area contributed by atoms with E-state index in [1.54, 1.807) is 42.5 Å². The van der Waals surface area contributed by atoms with E-state index in [9.17, 15) is 13.2 Å². The van der Waals surface area contributed by atoms with Gasteiger partial charge in [-0.2, -0.15) is 0 Å². The molecule has 0 fully saturated rings. The van der Waals surface area contributed by atoms with Gasteiger partial charge in [-0.1, -0.05) is 30.3 Å². The number of hydrogen-bond acceptors (Lipinski definition) is 4. The predicted octanol–water partition coefficient (Wildman–Crippen LogP) is 2.17. The minimum atomic E-state index is -3.62. The van der Waals surface area contributed by atoms with Gasteiger partial charge < -0.3 is 4.74 Å². The van der Waals surface area contributed by atoms with E-state index < -0.39 is 15.9 Å². The second-order valence-electron chi connectivity index (χ2n) is 4.11. The Kier molecular flexibility index (Phi) is 4.05. The molecule has 2 aromatic carbocycles. The fourth-order valence-electron chi connectivity index (χ4n) is 1.58. The van der Waals surface area contributed by atoms with Crippen LogP contribution in [-0.2, 0) is 10.0 Å². The van der Waals surface area contributed by atoms with E-state index in [2.05, 4.69) is 0 Å². The van der Waals surface area contributed by atoms with Crippen molar-refractivity contribution in [3.63, 3.8) is 0 Å². The molecule has 5 nitrogen and oxygen atoms in total. The standard InChI is InChI=1S/C14H13NO4S/c1-20(17,18)15-14(16)12-9-5-6-10-13(12)19-11-7-3-2-4-8-11/h2-10H,1H3,(H,15,16). The Labute approximate surface area is 117 Å². The highest BCUT2D eigenvalue weighted by molar-refractivity contribution is 7.89. The average molecular weight is 291 g/mol. The number of sulfonamides is 1. The van der Waals surface area contributed by atoms with Crippen molar-refractivity contribution in [3.8, 4) is 11.5 Å². The maximum absolute atomic E-state index is 11.9. The SMILES string of the molecule is CS(=O)(=O)NC(=O)c1ccccc1Oc1ccccc1. The number of benzene rings is 2. The van der Waals surface area contributed by atoms with Gasteiger partial charge in [-0.15, -0.1) is 0 Å². The molecule has 0 unspecified atom stereocenters. The number of carbonyl (C=O) groups is 1. The van der Waals surface area contributed by atoms with Crippen molar-refractivity contribution in [1.82, 2.24) is 4.72 Å². The Bertz CT molecular complexity index is 711. The van der Waals surface area contributed by atoms with Gasteiger partial charge in [-0.3, -0.25) is 4.79 Å². The molecule has 0 atom stereocenters. The zero-order valence-corrected chi connectivity index (χ0v) is 11.6. The van der Waals surface area contributed by atoms with Crippen molar-refractivity contribution in [2.45, 2.75) is 0 Å². The number of nitrogens with one attached hydrogen (secondary N) is 1. The molecule has 0 saturated heterocycles. The summed E-state index contributed by atoms with van der Waals surface area (Å²) in [7, 11) is -3.62. The lowest BCUT2D eigenvalue weighted by atomic mass is 10.2. The highest BCUT2D eigenvalue weighted by atomic mass is 32.2. The summed E-state index contributed by atoms with van der Waals surface area (Å²) in [6.07, 6.45) is 0.922. The van der Waals surface area contributed by atoms with E-state index in [-0.39, 0.29) is 5.56 Å². The predicted molar refractivity (Wildman–Crippen MR) is 75.3 cm³/mol. The van der Waals surface area contributed by atoms with Crippen molar-refractivity contribution in [2.24, 2.45) is 0 Å². The summed E-state index contributed by atoms with van der Waals surface area (Å²) >= 11 is 0. The van der Waals surface area contributed by atoms with Gasteiger partial charge in [0.1, 0.15) is 11.5 Å². The molecular formula is C14H13NO4S. The number of para-hydroxylation sites is 2. The quantitative estimate of drug-likeness (QED) is 0.937. The summed E-state index contributed by atoms with van der Waals surface area (Å²) in [4.78, 5) is 11.9. The van der Waals surface area contributed by atoms with Gasteiger partial charge in [0, 0.05) is 0 Å². The van der Waals surface area contributed by atoms with E-state index in [1.807, 2.05) is 10.8 Å². The molecule has 0 aromatic heterocycles. The molecule has 6 heteroatoms. The number of hydrogen-bond donors (Lipinski definition) is 1. The van der Waals surface area contributed by atoms with Gasteiger partial charge in [0.15, 0.2) is 0 Å². The monoisotopic (exact) mass is 291 g/mol. The lowest BCUT2D eigenvalue weighted by Crippen LogP contribution is -2.29. The summed E-state index contributed by atoms with van der Waals surface area (Å²) in [5.41, 5.74) is 0.154. The molecule has 20 heavy (non-hydrogen) atoms. The molecule has 0 aliphatic heterocycles. The summed E-state index contributed by atoms with van der Waals surface area (Å²) in [6.45, 7) is 0. The summed E-state index contributed by atoms with van der Waals surface area (Å²) in [5, 5.41) is 0. The third-order valence-corrected chi connectivity index (χ3v) is 2.94. The molecule has 2 rings (SSSR count). The first-order valence-electron chi connectivity index (χ1n) is 5.80. The van der Waals surface area contributed by atoms with Gasteiger partial charge in [0.2, 0.25) is 10.0 Å². The summed E-state index contributed by atoms with van der Waals surface area (Å²) < 4.78 is 29.7. The van der Waals surface area contributed by atoms with E-state index >= 15 is 0 Å². The minimum absolute atomic E-state index is 0.154. The molecule has 0 spiro atoms. The van der Waals surface area contributed by atoms with Crippen LogP contribution in [0, 0.1) is 0 Å². The first-order chi connectivity index (χ1) is 9.46. The second-order valence-corrected chi connectivity index (χ2v) is 5.86. The number of carbonyl (C=O) groups excluding carboxylic acids is 1. The Hall–Kier alpha value is -2.34. The number of ether oxygens (including phenoxy) is 1. The van der Waals surface area contributed by atoms with Crippen LogP contribution in [0.5, 0.6) is 11.5 Å². The highest BCUT2D eigenvalue weighted by Crippen LogP contribution is 2.24. The third kappa shape index (κ3) is 3.83. The molecule has 0 aliphatic rings. The van der Waals surface area contributed by atoms with Crippen LogP contribution in [0.15, 0.2) is 54.6 Å². The molecule has 104 valence electrons. The second kappa shape index (κ2) is 5.75. The van der Waals surface area contributed by atoms with E-state index in [4.69, 9.17) is 4.74 Å². The molecule has 0 heterocycles. The van der Waals surface area contributed by atoms with Gasteiger partial charge in [0.25, 0.3) is 5.91 Å². The smallest absolute Gasteiger partial charge is 0.268 e. The van der Waals surface area contributed by atoms with Crippen molar-refractivity contribution in [3.05, 3.63) is 60.2 Å². The maximum atomic E-state index is 11.9. The van der Waals surface area contributed by atoms with Crippen LogP contribution < -0.4 is 9.46 Å². The van der Waals surface area contributed by atoms with Gasteiger partial charge >= 0.3 is 0 Å². The van der Waals surface area contributed by atoms with Crippen LogP contribution in [-0.4, -0.2) is 20.6 Å². The molecular weight excluding hydrogens is 278 g/mol. The number of amides is 1. The van der Waals surface area contributed by atoms with Crippen LogP contribution >= 0.6 is 0 Å². The average Bonchev–Trinajstić information content (AvgIpc) is 2.38. The molecule has 0 radical (unpaired) electrons. The van der Waals surface area contributed by atoms with Crippen LogP contribution in [0.1, 0.15) is 10.4 Å². The molecule has 2 aromatic rings. The topological polar surface area (TPSA) is 72.5 Å². The maximum Gasteiger partial charge on any atom is 0.268 e. The normalized spacial score (nSPS) is 10.8. The first kappa shape index (κ1) is 14.1. The largest absolute Gasteiger partial charge is 0.457 e. The van der Waals surface area contributed by atoms with Crippen molar-refractivity contribution < 1.29 is 17.9 Å². The molecule has 0 saturated carbocycles. The fourth-order valence-corrected chi connectivity index (χ4v) is 2.03. The van der Waals surface area contributed by atoms with Gasteiger partial charge in [0.05, 0.1) is 11.8 Å². The summed E-state index contributed by atoms with van der Waals surface area (Å²) in [5.74, 6) is 0.131. The van der Waals surface area contributed by atoms with Crippen molar-refractivity contribution >= 4 is 15.9 Å². The fraction of sp³-hybridized carbons (Fsp3) is 0.0714. The van der Waals surface area contributed by atoms with Crippen molar-refractivity contribution in [2.75, 3.05) is 6.26 Å². The molecule has 0 aliphatic carbocycles. The van der Waals surface area contributed by atoms with Crippen LogP contribution in [0.4, 0.5) is 0 Å². The van der Waals surface area contributed by atoms with Crippen LogP contribution in [0.2, 0.25) is 0 Å². The third-order valence-electron chi connectivity index (χ3n) is 2.38. The minimum Gasteiger partial charge on any atom is -0.457 e. The lowest BCUT2D eigenvalue weighted by Gasteiger charge is -2.10. The van der Waals surface area contributed by atoms with Crippen LogP contribution in [0.25, 0.3) is 0 Å². The zero-order chi connectivity index (χ0) is 14.6. The Morgan fingerprint density at radius 1 is 1.00 bits per heavy atom. The first-order valence-corrected chi connectivity index (χ1v) is 7.69. The Morgan fingerprint density at radius 2 is 1.60 bits per heavy atom. The molecule has 0 bridgehead atoms. The zero-order valence-electron chi connectivity index (χ0n) is 10.7. The molecule has 1 amide bonds. The van der Waals surface area contributed by atoms with E-state index in [0.717, 1.165) is 6.26 Å². The summed E-state index contributed by atoms with van der Waals surface area (Å²) in [6, 6.07) is 15.4. The molecule has 1 N–H and O–H groups in total. The Balaban J connectivity index is 2.29. The van der Waals surface area contributed by atoms with E-state index in [1.165, 1.54) is 6.07 Å². The highest BCUT2D eigenvalue weighted by Gasteiger charge is 2.16. The van der Waals surface area contributed by atoms with Gasteiger partial charge in [-0.25, -0.2) is 13.1 Å². The number of rotatable bonds is 4. The van der Waals surface area contributed by atoms with E-state index in [0.29, 0.717) is 11.5 Å². The van der Waals surface area contributed by atoms with Crippen molar-refractivity contribution in [1.29, 1.82) is 0 Å². The van der Waals surface area contributed by atoms with Gasteiger partial charge in [-0.05, 0) is 24.3 Å². The lowest BCUT2D eigenvalue weighted by molar-refractivity contribution is 0.0979. The van der Waals surface area contributed by atoms with Crippen LogP contribution in [0.3, 0.4) is 0 Å².